The second kappa shape index (κ2) is 11.1. The molecule has 214 valence electrons. The van der Waals surface area contributed by atoms with Gasteiger partial charge in [-0.25, -0.2) is 4.98 Å². The van der Waals surface area contributed by atoms with Crippen molar-refractivity contribution in [1.82, 2.24) is 25.0 Å². The molecule has 41 heavy (non-hydrogen) atoms. The number of amides is 1. The van der Waals surface area contributed by atoms with E-state index in [1.165, 1.54) is 11.6 Å². The maximum atomic E-state index is 12.4. The molecule has 3 aromatic rings. The number of hydrogen-bond donors (Lipinski definition) is 1. The van der Waals surface area contributed by atoms with Crippen LogP contribution in [0.15, 0.2) is 31.0 Å². The fourth-order valence-electron chi connectivity index (χ4n) is 6.76. The molecule has 0 radical (unpaired) electrons. The summed E-state index contributed by atoms with van der Waals surface area (Å²) >= 11 is 0. The molecular weight excluding hydrogens is 516 g/mol. The number of fused-ring (bicyclic) bond motifs is 2. The van der Waals surface area contributed by atoms with Gasteiger partial charge in [-0.3, -0.25) is 9.89 Å². The second-order valence-corrected chi connectivity index (χ2v) is 11.5. The van der Waals surface area contributed by atoms with Gasteiger partial charge in [-0.15, -0.1) is 0 Å². The van der Waals surface area contributed by atoms with Crippen molar-refractivity contribution in [3.8, 4) is 11.9 Å². The van der Waals surface area contributed by atoms with Gasteiger partial charge < -0.3 is 24.3 Å². The fourth-order valence-corrected chi connectivity index (χ4v) is 6.76. The van der Waals surface area contributed by atoms with Gasteiger partial charge in [-0.1, -0.05) is 18.7 Å². The average molecular weight is 555 g/mol. The number of H-pyrrole nitrogens is 1. The van der Waals surface area contributed by atoms with Gasteiger partial charge in [0.2, 0.25) is 11.8 Å². The van der Waals surface area contributed by atoms with E-state index >= 15 is 0 Å². The van der Waals surface area contributed by atoms with E-state index in [0.29, 0.717) is 50.3 Å². The molecule has 1 N–H and O–H groups in total. The van der Waals surface area contributed by atoms with Crippen molar-refractivity contribution in [1.29, 1.82) is 5.26 Å². The molecule has 5 heterocycles. The first-order valence-corrected chi connectivity index (χ1v) is 14.5. The SMILES string of the molecule is C=CC(=O)N1CCN(c2c(C#N)c(OCC3CCCN3C)nc3c2CCN(c2c(C)ccc4cn[nH]c24)C3)CC1C. The van der Waals surface area contributed by atoms with E-state index < -0.39 is 0 Å². The van der Waals surface area contributed by atoms with Crippen LogP contribution in [0.5, 0.6) is 5.88 Å². The van der Waals surface area contributed by atoms with Crippen LogP contribution in [0.2, 0.25) is 0 Å². The summed E-state index contributed by atoms with van der Waals surface area (Å²) < 4.78 is 6.39. The molecule has 2 atom stereocenters. The molecule has 0 spiro atoms. The third-order valence-electron chi connectivity index (χ3n) is 9.00. The quantitative estimate of drug-likeness (QED) is 0.463. The number of carbonyl (C=O) groups is 1. The smallest absolute Gasteiger partial charge is 0.246 e. The Labute approximate surface area is 241 Å². The molecule has 3 aliphatic heterocycles. The number of nitriles is 1. The minimum Gasteiger partial charge on any atom is -0.475 e. The van der Waals surface area contributed by atoms with Crippen LogP contribution in [0.1, 0.15) is 42.1 Å². The van der Waals surface area contributed by atoms with Crippen LogP contribution >= 0.6 is 0 Å². The fraction of sp³-hybridized carbons (Fsp3) is 0.484. The highest BCUT2D eigenvalue weighted by atomic mass is 16.5. The van der Waals surface area contributed by atoms with Crippen LogP contribution in [0.25, 0.3) is 10.9 Å². The number of ether oxygens (including phenoxy) is 1. The Morgan fingerprint density at radius 3 is 2.83 bits per heavy atom. The molecule has 2 aromatic heterocycles. The van der Waals surface area contributed by atoms with Gasteiger partial charge in [0, 0.05) is 49.2 Å². The predicted octanol–water partition coefficient (Wildman–Crippen LogP) is 3.40. The summed E-state index contributed by atoms with van der Waals surface area (Å²) in [6.07, 6.45) is 6.22. The zero-order valence-corrected chi connectivity index (χ0v) is 24.2. The highest BCUT2D eigenvalue weighted by Crippen LogP contribution is 2.40. The van der Waals surface area contributed by atoms with Crippen molar-refractivity contribution in [3.05, 3.63) is 53.4 Å². The number of nitrogens with zero attached hydrogens (tertiary/aromatic N) is 7. The molecule has 0 saturated carbocycles. The van der Waals surface area contributed by atoms with E-state index in [4.69, 9.17) is 9.72 Å². The number of likely N-dealkylation sites (tertiary alicyclic amines) is 1. The first kappa shape index (κ1) is 27.1. The van der Waals surface area contributed by atoms with Gasteiger partial charge in [0.15, 0.2) is 0 Å². The lowest BCUT2D eigenvalue weighted by atomic mass is 9.96. The zero-order chi connectivity index (χ0) is 28.7. The van der Waals surface area contributed by atoms with Crippen LogP contribution in [0.4, 0.5) is 11.4 Å². The largest absolute Gasteiger partial charge is 0.475 e. The number of carbonyl (C=O) groups excluding carboxylic acids is 1. The lowest BCUT2D eigenvalue weighted by Gasteiger charge is -2.42. The van der Waals surface area contributed by atoms with E-state index in [1.807, 2.05) is 11.1 Å². The monoisotopic (exact) mass is 554 g/mol. The highest BCUT2D eigenvalue weighted by molar-refractivity contribution is 5.92. The number of nitrogens with one attached hydrogen (secondary N) is 1. The summed E-state index contributed by atoms with van der Waals surface area (Å²) in [5, 5.41) is 19.0. The molecule has 1 aromatic carbocycles. The number of rotatable bonds is 6. The van der Waals surface area contributed by atoms with Gasteiger partial charge in [0.1, 0.15) is 18.2 Å². The van der Waals surface area contributed by atoms with Crippen molar-refractivity contribution in [3.63, 3.8) is 0 Å². The minimum atomic E-state index is -0.0573. The van der Waals surface area contributed by atoms with Crippen molar-refractivity contribution >= 4 is 28.2 Å². The molecule has 6 rings (SSSR count). The highest BCUT2D eigenvalue weighted by Gasteiger charge is 2.34. The number of aromatic nitrogens is 3. The van der Waals surface area contributed by atoms with E-state index in [-0.39, 0.29) is 11.9 Å². The molecule has 10 heteroatoms. The number of aryl methyl sites for hydroxylation is 1. The third-order valence-corrected chi connectivity index (χ3v) is 9.00. The summed E-state index contributed by atoms with van der Waals surface area (Å²) in [6, 6.07) is 7.00. The molecule has 2 unspecified atom stereocenters. The van der Waals surface area contributed by atoms with Crippen molar-refractivity contribution in [2.75, 3.05) is 56.2 Å². The number of anilines is 2. The second-order valence-electron chi connectivity index (χ2n) is 11.5. The van der Waals surface area contributed by atoms with Gasteiger partial charge >= 0.3 is 0 Å². The Balaban J connectivity index is 1.39. The minimum absolute atomic E-state index is 0.0122. The normalized spacial score (nSPS) is 21.2. The molecular formula is C31H38N8O2. The number of pyridine rings is 1. The van der Waals surface area contributed by atoms with Crippen molar-refractivity contribution < 1.29 is 9.53 Å². The summed E-state index contributed by atoms with van der Waals surface area (Å²) in [6.45, 7) is 12.7. The molecule has 10 nitrogen and oxygen atoms in total. The Morgan fingerprint density at radius 2 is 2.10 bits per heavy atom. The standard InChI is InChI=1S/C31H38N8O2/c1-5-27(40)39-14-13-38(17-21(39)3)30-24-10-12-37(29-20(2)8-9-22-16-33-35-28(22)29)18-26(24)34-31(25(30)15-32)41-19-23-7-6-11-36(23)4/h5,8-9,16,21,23H,1,6-7,10-14,17-19H2,2-4H3,(H,33,35). The Hall–Kier alpha value is -4.10. The Morgan fingerprint density at radius 1 is 1.24 bits per heavy atom. The summed E-state index contributed by atoms with van der Waals surface area (Å²) in [5.41, 5.74) is 6.80. The maximum Gasteiger partial charge on any atom is 0.246 e. The van der Waals surface area contributed by atoms with E-state index in [2.05, 4.69) is 70.6 Å². The third kappa shape index (κ3) is 4.88. The molecule has 1 amide bonds. The van der Waals surface area contributed by atoms with Gasteiger partial charge in [-0.2, -0.15) is 10.4 Å². The molecule has 3 aliphatic rings. The van der Waals surface area contributed by atoms with Gasteiger partial charge in [0.05, 0.1) is 35.3 Å². The number of piperazine rings is 1. The first-order valence-electron chi connectivity index (χ1n) is 14.5. The van der Waals surface area contributed by atoms with E-state index in [1.54, 1.807) is 0 Å². The maximum absolute atomic E-state index is 12.4. The summed E-state index contributed by atoms with van der Waals surface area (Å²) in [4.78, 5) is 26.3. The summed E-state index contributed by atoms with van der Waals surface area (Å²) in [5.74, 6) is 0.357. The van der Waals surface area contributed by atoms with Crippen LogP contribution in [0, 0.1) is 18.3 Å². The zero-order valence-electron chi connectivity index (χ0n) is 24.2. The predicted molar refractivity (Wildman–Crippen MR) is 159 cm³/mol. The average Bonchev–Trinajstić information content (AvgIpc) is 3.62. The van der Waals surface area contributed by atoms with Crippen molar-refractivity contribution in [2.24, 2.45) is 0 Å². The van der Waals surface area contributed by atoms with Crippen LogP contribution in [-0.4, -0.2) is 89.4 Å². The molecule has 0 aliphatic carbocycles. The molecule has 2 saturated heterocycles. The molecule has 2 fully saturated rings. The lowest BCUT2D eigenvalue weighted by molar-refractivity contribution is -0.128. The Bertz CT molecular complexity index is 1520. The van der Waals surface area contributed by atoms with Crippen LogP contribution in [-0.2, 0) is 17.8 Å². The number of benzene rings is 1. The lowest BCUT2D eigenvalue weighted by Crippen LogP contribution is -2.54. The first-order chi connectivity index (χ1) is 19.9. The van der Waals surface area contributed by atoms with Gasteiger partial charge in [0.25, 0.3) is 0 Å². The van der Waals surface area contributed by atoms with E-state index in [0.717, 1.165) is 65.9 Å². The van der Waals surface area contributed by atoms with E-state index in [9.17, 15) is 10.1 Å². The topological polar surface area (TPSA) is 105 Å². The Kier molecular flexibility index (Phi) is 7.30. The molecule has 0 bridgehead atoms. The van der Waals surface area contributed by atoms with Crippen LogP contribution < -0.4 is 14.5 Å². The number of likely N-dealkylation sites (N-methyl/N-ethyl adjacent to an activating group) is 1. The van der Waals surface area contributed by atoms with Gasteiger partial charge in [-0.05, 0) is 58.3 Å². The number of aromatic amines is 1. The number of hydrogen-bond acceptors (Lipinski definition) is 8. The van der Waals surface area contributed by atoms with Crippen LogP contribution in [0.3, 0.4) is 0 Å². The summed E-state index contributed by atoms with van der Waals surface area (Å²) in [7, 11) is 2.12. The van der Waals surface area contributed by atoms with Crippen molar-refractivity contribution in [2.45, 2.75) is 51.7 Å².